The van der Waals surface area contributed by atoms with Crippen LogP contribution in [-0.2, 0) is 4.79 Å². The maximum absolute atomic E-state index is 14.9. The summed E-state index contributed by atoms with van der Waals surface area (Å²) in [6, 6.07) is 15.2. The van der Waals surface area contributed by atoms with E-state index in [0.717, 1.165) is 35.6 Å². The van der Waals surface area contributed by atoms with E-state index >= 15 is 0 Å². The van der Waals surface area contributed by atoms with Crippen LogP contribution in [0.4, 0.5) is 39.4 Å². The third kappa shape index (κ3) is 6.52. The fourth-order valence-corrected chi connectivity index (χ4v) is 4.78. The number of urea groups is 1. The van der Waals surface area contributed by atoms with Gasteiger partial charge in [0.2, 0.25) is 5.91 Å². The lowest BCUT2D eigenvalue weighted by atomic mass is 10.2. The summed E-state index contributed by atoms with van der Waals surface area (Å²) in [5, 5.41) is 6.79. The van der Waals surface area contributed by atoms with E-state index in [1.807, 2.05) is 25.1 Å². The number of amidine groups is 1. The first-order chi connectivity index (χ1) is 20.0. The summed E-state index contributed by atoms with van der Waals surface area (Å²) >= 11 is 1.10. The molecule has 2 heterocycles. The number of hydrogen-bond acceptors (Lipinski definition) is 7. The van der Waals surface area contributed by atoms with Crippen molar-refractivity contribution in [2.45, 2.75) is 6.36 Å². The van der Waals surface area contributed by atoms with Crippen molar-refractivity contribution >= 4 is 45.9 Å². The zero-order chi connectivity index (χ0) is 30.0. The van der Waals surface area contributed by atoms with Gasteiger partial charge in [-0.15, -0.1) is 18.3 Å². The van der Waals surface area contributed by atoms with Crippen molar-refractivity contribution in [1.82, 2.24) is 14.8 Å². The maximum Gasteiger partial charge on any atom is 0.573 e. The molecule has 1 aliphatic rings. The van der Waals surface area contributed by atoms with Crippen molar-refractivity contribution in [1.29, 1.82) is 0 Å². The van der Waals surface area contributed by atoms with Crippen molar-refractivity contribution in [3.8, 4) is 22.8 Å². The predicted octanol–water partition coefficient (Wildman–Crippen LogP) is 5.71. The molecule has 0 aliphatic carbocycles. The Balaban J connectivity index is 1.28. The highest BCUT2D eigenvalue weighted by Crippen LogP contribution is 2.30. The van der Waals surface area contributed by atoms with Gasteiger partial charge in [0, 0.05) is 25.3 Å². The van der Waals surface area contributed by atoms with Crippen LogP contribution >= 0.6 is 11.8 Å². The van der Waals surface area contributed by atoms with Crippen LogP contribution in [-0.4, -0.2) is 58.1 Å². The van der Waals surface area contributed by atoms with Crippen LogP contribution in [0.1, 0.15) is 0 Å². The summed E-state index contributed by atoms with van der Waals surface area (Å²) in [6.07, 6.45) is -3.49. The van der Waals surface area contributed by atoms with Crippen molar-refractivity contribution in [3.05, 3.63) is 78.9 Å². The Kier molecular flexibility index (Phi) is 7.85. The van der Waals surface area contributed by atoms with Crippen molar-refractivity contribution in [3.63, 3.8) is 0 Å². The molecule has 0 atom stereocenters. The molecule has 1 aromatic heterocycles. The molecule has 0 radical (unpaired) electrons. The van der Waals surface area contributed by atoms with Gasteiger partial charge in [0.25, 0.3) is 0 Å². The monoisotopic (exact) mass is 599 g/mol. The molecule has 0 saturated carbocycles. The number of ether oxygens (including phenoxy) is 1. The van der Waals surface area contributed by atoms with Gasteiger partial charge in [-0.25, -0.2) is 18.9 Å². The number of aromatic nitrogens is 3. The summed E-state index contributed by atoms with van der Waals surface area (Å²) in [4.78, 5) is 36.6. The van der Waals surface area contributed by atoms with Crippen LogP contribution in [0.2, 0.25) is 0 Å². The summed E-state index contributed by atoms with van der Waals surface area (Å²) < 4.78 is 57.2. The SMILES string of the molecule is CN(C)c1cccc(N2C(=O)CSC2=NC(=O)Nc2ccc(-c3ncn(-c4ccc(OC(F)(F)F)cc4)n3)cc2F)c1. The molecule has 1 saturated heterocycles. The first-order valence-electron chi connectivity index (χ1n) is 12.2. The fourth-order valence-electron chi connectivity index (χ4n) is 3.91. The normalized spacial score (nSPS) is 14.4. The number of hydrogen-bond donors (Lipinski definition) is 1. The highest BCUT2D eigenvalue weighted by atomic mass is 32.2. The van der Waals surface area contributed by atoms with Crippen molar-refractivity contribution in [2.75, 3.05) is 35.0 Å². The largest absolute Gasteiger partial charge is 0.573 e. The Morgan fingerprint density at radius 1 is 1.07 bits per heavy atom. The molecule has 3 amide bonds. The molecule has 216 valence electrons. The van der Waals surface area contributed by atoms with Crippen LogP contribution in [0, 0.1) is 5.82 Å². The van der Waals surface area contributed by atoms with Gasteiger partial charge in [-0.1, -0.05) is 17.8 Å². The molecule has 5 rings (SSSR count). The molecule has 1 aliphatic heterocycles. The standard InChI is InChI=1S/C27H21F4N7O3S/c1-36(2)18-4-3-5-19(13-18)38-23(39)14-42-26(38)34-25(40)33-22-11-6-16(12-21(22)28)24-32-15-37(35-24)17-7-9-20(10-8-17)41-27(29,30)31/h3-13,15H,14H2,1-2H3,(H,33,40). The van der Waals surface area contributed by atoms with Crippen LogP contribution < -0.4 is 19.9 Å². The van der Waals surface area contributed by atoms with Crippen LogP contribution in [0.5, 0.6) is 5.75 Å². The molecule has 10 nitrogen and oxygen atoms in total. The average molecular weight is 600 g/mol. The summed E-state index contributed by atoms with van der Waals surface area (Å²) in [7, 11) is 3.73. The summed E-state index contributed by atoms with van der Waals surface area (Å²) in [6.45, 7) is 0. The van der Waals surface area contributed by atoms with E-state index in [1.54, 1.807) is 18.2 Å². The van der Waals surface area contributed by atoms with Gasteiger partial charge < -0.3 is 15.0 Å². The summed E-state index contributed by atoms with van der Waals surface area (Å²) in [5.74, 6) is -1.17. The first kappa shape index (κ1) is 28.6. The Labute approximate surface area is 240 Å². The number of amides is 3. The van der Waals surface area contributed by atoms with Crippen LogP contribution in [0.15, 0.2) is 78.0 Å². The number of thioether (sulfide) groups is 1. The van der Waals surface area contributed by atoms with Gasteiger partial charge >= 0.3 is 12.4 Å². The number of nitrogens with zero attached hydrogens (tertiary/aromatic N) is 6. The molecule has 42 heavy (non-hydrogen) atoms. The third-order valence-corrected chi connectivity index (χ3v) is 6.79. The number of anilines is 3. The van der Waals surface area contributed by atoms with Gasteiger partial charge in [-0.3, -0.25) is 9.69 Å². The number of halogens is 4. The number of benzene rings is 3. The zero-order valence-electron chi connectivity index (χ0n) is 22.0. The van der Waals surface area contributed by atoms with Crippen LogP contribution in [0.3, 0.4) is 0 Å². The second-order valence-corrected chi connectivity index (χ2v) is 9.95. The predicted molar refractivity (Wildman–Crippen MR) is 151 cm³/mol. The Morgan fingerprint density at radius 3 is 2.52 bits per heavy atom. The lowest BCUT2D eigenvalue weighted by molar-refractivity contribution is -0.274. The second kappa shape index (κ2) is 11.5. The first-order valence-corrected chi connectivity index (χ1v) is 13.2. The number of carbonyl (C=O) groups is 2. The maximum atomic E-state index is 14.9. The molecule has 1 fully saturated rings. The Morgan fingerprint density at radius 2 is 1.83 bits per heavy atom. The minimum Gasteiger partial charge on any atom is -0.406 e. The van der Waals surface area contributed by atoms with E-state index in [1.165, 1.54) is 40.2 Å². The number of carbonyl (C=O) groups excluding carboxylic acids is 2. The smallest absolute Gasteiger partial charge is 0.406 e. The zero-order valence-corrected chi connectivity index (χ0v) is 22.8. The van der Waals surface area contributed by atoms with Gasteiger partial charge in [-0.05, 0) is 60.7 Å². The van der Waals surface area contributed by atoms with Crippen molar-refractivity contribution in [2.24, 2.45) is 4.99 Å². The van der Waals surface area contributed by atoms with E-state index in [4.69, 9.17) is 0 Å². The number of nitrogens with one attached hydrogen (secondary N) is 1. The van der Waals surface area contributed by atoms with E-state index in [2.05, 4.69) is 25.1 Å². The minimum absolute atomic E-state index is 0.104. The number of rotatable bonds is 6. The van der Waals surface area contributed by atoms with Crippen molar-refractivity contribution < 1.29 is 31.9 Å². The Bertz CT molecular complexity index is 1670. The molecule has 15 heteroatoms. The van der Waals surface area contributed by atoms with Crippen LogP contribution in [0.25, 0.3) is 17.1 Å². The molecule has 0 unspecified atom stereocenters. The molecule has 3 aromatic carbocycles. The highest BCUT2D eigenvalue weighted by molar-refractivity contribution is 8.15. The van der Waals surface area contributed by atoms with E-state index in [9.17, 15) is 27.2 Å². The molecule has 1 N–H and O–H groups in total. The Hall–Kier alpha value is -4.92. The van der Waals surface area contributed by atoms with E-state index in [0.29, 0.717) is 11.4 Å². The van der Waals surface area contributed by atoms with Gasteiger partial charge in [0.15, 0.2) is 11.0 Å². The van der Waals surface area contributed by atoms with E-state index < -0.39 is 18.2 Å². The average Bonchev–Trinajstić information content (AvgIpc) is 3.56. The number of alkyl halides is 3. The fraction of sp³-hybridized carbons (Fsp3) is 0.148. The molecule has 0 bridgehead atoms. The lowest BCUT2D eigenvalue weighted by Crippen LogP contribution is -2.30. The van der Waals surface area contributed by atoms with Gasteiger partial charge in [-0.2, -0.15) is 4.99 Å². The summed E-state index contributed by atoms with van der Waals surface area (Å²) in [5.41, 5.74) is 1.95. The molecular weight excluding hydrogens is 578 g/mol. The minimum atomic E-state index is -4.81. The molecule has 4 aromatic rings. The highest BCUT2D eigenvalue weighted by Gasteiger charge is 2.32. The second-order valence-electron chi connectivity index (χ2n) is 9.01. The quantitative estimate of drug-likeness (QED) is 0.283. The van der Waals surface area contributed by atoms with Gasteiger partial charge in [0.1, 0.15) is 17.9 Å². The number of aliphatic imine (C=N–C) groups is 1. The van der Waals surface area contributed by atoms with E-state index in [-0.39, 0.29) is 39.7 Å². The third-order valence-electron chi connectivity index (χ3n) is 5.86. The topological polar surface area (TPSA) is 105 Å². The van der Waals surface area contributed by atoms with Gasteiger partial charge in [0.05, 0.1) is 22.8 Å². The lowest BCUT2D eigenvalue weighted by Gasteiger charge is -2.19. The molecular formula is C27H21F4N7O3S. The molecule has 0 spiro atoms.